The molecule has 1 unspecified atom stereocenters. The number of nitrogens with zero attached hydrogens (tertiary/aromatic N) is 4. The lowest BCUT2D eigenvalue weighted by molar-refractivity contribution is 0.0708. The average molecular weight is 400 g/mol. The third-order valence-electron chi connectivity index (χ3n) is 5.32. The molecule has 156 valence electrons. The Bertz CT molecular complexity index is 905. The molecule has 0 radical (unpaired) electrons. The maximum absolute atomic E-state index is 13.2. The van der Waals surface area contributed by atoms with Gasteiger partial charge in [-0.3, -0.25) is 14.7 Å². The smallest absolute Gasteiger partial charge is 0.409 e. The molecule has 3 heterocycles. The third-order valence-corrected chi connectivity index (χ3v) is 5.32. The molecule has 2 aromatic rings. The van der Waals surface area contributed by atoms with Crippen LogP contribution >= 0.6 is 0 Å². The van der Waals surface area contributed by atoms with Crippen molar-refractivity contribution in [3.05, 3.63) is 57.8 Å². The normalized spacial score (nSPS) is 15.9. The minimum absolute atomic E-state index is 0.0149. The molecule has 3 rings (SSSR count). The van der Waals surface area contributed by atoms with Gasteiger partial charge in [0.05, 0.1) is 18.2 Å². The lowest BCUT2D eigenvalue weighted by Crippen LogP contribution is -2.50. The average Bonchev–Trinajstić information content (AvgIpc) is 2.72. The number of aryl methyl sites for hydroxylation is 1. The van der Waals surface area contributed by atoms with Crippen molar-refractivity contribution in [3.63, 3.8) is 0 Å². The van der Waals surface area contributed by atoms with Crippen LogP contribution in [0.1, 0.15) is 36.7 Å². The summed E-state index contributed by atoms with van der Waals surface area (Å²) in [5, 5.41) is 10.7. The van der Waals surface area contributed by atoms with Gasteiger partial charge >= 0.3 is 6.09 Å². The molecule has 1 aliphatic rings. The summed E-state index contributed by atoms with van der Waals surface area (Å²) in [7, 11) is 0. The number of amides is 1. The van der Waals surface area contributed by atoms with Gasteiger partial charge in [-0.15, -0.1) is 0 Å². The fraction of sp³-hybridized carbons (Fsp3) is 0.476. The van der Waals surface area contributed by atoms with Gasteiger partial charge in [0.2, 0.25) is 0 Å². The number of ether oxygens (including phenoxy) is 1. The molecular weight excluding hydrogens is 372 g/mol. The summed E-state index contributed by atoms with van der Waals surface area (Å²) in [6.07, 6.45) is 3.08. The van der Waals surface area contributed by atoms with E-state index in [9.17, 15) is 14.7 Å². The number of carbonyl (C=O) groups is 1. The number of hydrogen-bond donors (Lipinski definition) is 1. The Kier molecular flexibility index (Phi) is 6.53. The molecule has 0 aromatic carbocycles. The Balaban J connectivity index is 1.99. The predicted molar refractivity (Wildman–Crippen MR) is 109 cm³/mol. The highest BCUT2D eigenvalue weighted by molar-refractivity contribution is 5.67. The molecule has 1 N–H and O–H groups in total. The van der Waals surface area contributed by atoms with Gasteiger partial charge in [-0.2, -0.15) is 0 Å². The van der Waals surface area contributed by atoms with Crippen LogP contribution in [0.3, 0.4) is 0 Å². The second kappa shape index (κ2) is 9.09. The van der Waals surface area contributed by atoms with Crippen LogP contribution in [-0.4, -0.2) is 63.3 Å². The van der Waals surface area contributed by atoms with E-state index >= 15 is 0 Å². The lowest BCUT2D eigenvalue weighted by Gasteiger charge is -2.39. The molecular formula is C21H28N4O4. The first-order valence-electron chi connectivity index (χ1n) is 9.96. The molecule has 0 bridgehead atoms. The second-order valence-corrected chi connectivity index (χ2v) is 7.04. The van der Waals surface area contributed by atoms with Crippen LogP contribution in [0, 0.1) is 6.92 Å². The Morgan fingerprint density at radius 2 is 2.00 bits per heavy atom. The third kappa shape index (κ3) is 4.27. The zero-order chi connectivity index (χ0) is 21.0. The van der Waals surface area contributed by atoms with Gasteiger partial charge in [-0.1, -0.05) is 6.07 Å². The predicted octanol–water partition coefficient (Wildman–Crippen LogP) is 2.14. The van der Waals surface area contributed by atoms with Crippen molar-refractivity contribution in [3.8, 4) is 5.75 Å². The van der Waals surface area contributed by atoms with Gasteiger partial charge in [0, 0.05) is 50.8 Å². The summed E-state index contributed by atoms with van der Waals surface area (Å²) in [6.45, 7) is 8.45. The first-order valence-corrected chi connectivity index (χ1v) is 9.96. The van der Waals surface area contributed by atoms with Crippen molar-refractivity contribution in [2.75, 3.05) is 32.8 Å². The summed E-state index contributed by atoms with van der Waals surface area (Å²) in [4.78, 5) is 33.2. The number of pyridine rings is 2. The largest absolute Gasteiger partial charge is 0.507 e. The molecule has 1 saturated heterocycles. The van der Waals surface area contributed by atoms with Gasteiger partial charge in [0.15, 0.2) is 0 Å². The van der Waals surface area contributed by atoms with E-state index in [0.717, 1.165) is 11.3 Å². The highest BCUT2D eigenvalue weighted by atomic mass is 16.6. The van der Waals surface area contributed by atoms with Crippen LogP contribution in [-0.2, 0) is 11.3 Å². The quantitative estimate of drug-likeness (QED) is 0.827. The number of aromatic hydroxyl groups is 1. The molecule has 29 heavy (non-hydrogen) atoms. The summed E-state index contributed by atoms with van der Waals surface area (Å²) in [5.41, 5.74) is 1.69. The first-order chi connectivity index (χ1) is 14.0. The molecule has 8 nitrogen and oxygen atoms in total. The number of carbonyl (C=O) groups excluding carboxylic acids is 1. The first kappa shape index (κ1) is 20.9. The zero-order valence-corrected chi connectivity index (χ0v) is 17.2. The van der Waals surface area contributed by atoms with Crippen molar-refractivity contribution in [2.45, 2.75) is 33.4 Å². The van der Waals surface area contributed by atoms with Gasteiger partial charge in [-0.05, 0) is 38.5 Å². The number of rotatable bonds is 5. The summed E-state index contributed by atoms with van der Waals surface area (Å²) >= 11 is 0. The topological polar surface area (TPSA) is 87.9 Å². The van der Waals surface area contributed by atoms with Crippen molar-refractivity contribution in [2.24, 2.45) is 0 Å². The molecule has 2 aromatic heterocycles. The van der Waals surface area contributed by atoms with Crippen LogP contribution in [0.4, 0.5) is 4.79 Å². The van der Waals surface area contributed by atoms with Crippen LogP contribution in [0.2, 0.25) is 0 Å². The SMILES string of the molecule is CCOC(=O)N1CCN(C(c2cccnc2)c2c(O)cc(C)n(CC)c2=O)CC1. The fourth-order valence-corrected chi connectivity index (χ4v) is 3.89. The standard InChI is InChI=1S/C21H28N4O4/c1-4-25-15(3)13-17(26)18(20(25)27)19(16-7-6-8-22-14-16)23-9-11-24(12-10-23)21(28)29-5-2/h6-8,13-14,19,26H,4-5,9-12H2,1-3H3. The van der Waals surface area contributed by atoms with Crippen molar-refractivity contribution in [1.29, 1.82) is 0 Å². The van der Waals surface area contributed by atoms with Crippen LogP contribution in [0.25, 0.3) is 0 Å². The Morgan fingerprint density at radius 3 is 2.59 bits per heavy atom. The molecule has 0 saturated carbocycles. The van der Waals surface area contributed by atoms with E-state index in [1.165, 1.54) is 0 Å². The number of piperazine rings is 1. The molecule has 0 spiro atoms. The highest BCUT2D eigenvalue weighted by Gasteiger charge is 2.32. The van der Waals surface area contributed by atoms with Gasteiger partial charge in [0.25, 0.3) is 5.56 Å². The van der Waals surface area contributed by atoms with Crippen LogP contribution in [0.5, 0.6) is 5.75 Å². The maximum Gasteiger partial charge on any atom is 0.409 e. The van der Waals surface area contributed by atoms with E-state index in [4.69, 9.17) is 4.74 Å². The summed E-state index contributed by atoms with van der Waals surface area (Å²) in [6, 6.07) is 4.92. The van der Waals surface area contributed by atoms with Crippen molar-refractivity contribution in [1.82, 2.24) is 19.4 Å². The van der Waals surface area contributed by atoms with Crippen molar-refractivity contribution < 1.29 is 14.6 Å². The second-order valence-electron chi connectivity index (χ2n) is 7.04. The van der Waals surface area contributed by atoms with Crippen molar-refractivity contribution >= 4 is 6.09 Å². The Hall–Kier alpha value is -2.87. The Labute approximate surface area is 170 Å². The highest BCUT2D eigenvalue weighted by Crippen LogP contribution is 2.32. The Morgan fingerprint density at radius 1 is 1.28 bits per heavy atom. The summed E-state index contributed by atoms with van der Waals surface area (Å²) in [5.74, 6) is -0.0149. The monoisotopic (exact) mass is 400 g/mol. The lowest BCUT2D eigenvalue weighted by atomic mass is 9.97. The number of aromatic nitrogens is 2. The molecule has 0 aliphatic carbocycles. The molecule has 8 heteroatoms. The maximum atomic E-state index is 13.2. The zero-order valence-electron chi connectivity index (χ0n) is 17.2. The molecule has 1 fully saturated rings. The molecule has 1 aliphatic heterocycles. The summed E-state index contributed by atoms with van der Waals surface area (Å²) < 4.78 is 6.75. The van der Waals surface area contributed by atoms with E-state index < -0.39 is 6.04 Å². The minimum Gasteiger partial charge on any atom is -0.507 e. The molecule has 1 atom stereocenters. The van der Waals surface area contributed by atoms with E-state index in [0.29, 0.717) is 44.9 Å². The minimum atomic E-state index is -0.445. The van der Waals surface area contributed by atoms with Crippen LogP contribution < -0.4 is 5.56 Å². The molecule has 1 amide bonds. The van der Waals surface area contributed by atoms with Gasteiger partial charge in [0.1, 0.15) is 5.75 Å². The van der Waals surface area contributed by atoms with E-state index in [1.807, 2.05) is 26.0 Å². The number of hydrogen-bond acceptors (Lipinski definition) is 6. The van der Waals surface area contributed by atoms with E-state index in [2.05, 4.69) is 9.88 Å². The van der Waals surface area contributed by atoms with E-state index in [-0.39, 0.29) is 17.4 Å². The van der Waals surface area contributed by atoms with E-state index in [1.54, 1.807) is 34.9 Å². The van der Waals surface area contributed by atoms with Gasteiger partial charge in [-0.25, -0.2) is 4.79 Å². The van der Waals surface area contributed by atoms with Crippen LogP contribution in [0.15, 0.2) is 35.4 Å². The van der Waals surface area contributed by atoms with Gasteiger partial charge < -0.3 is 19.3 Å². The fourth-order valence-electron chi connectivity index (χ4n) is 3.89.